The molecular weight excluding hydrogens is 260 g/mol. The number of rotatable bonds is 7. The lowest BCUT2D eigenvalue weighted by Crippen LogP contribution is -2.53. The predicted octanol–water partition coefficient (Wildman–Crippen LogP) is 2.71. The molecule has 0 bridgehead atoms. The normalized spacial score (nSPS) is 21.6. The monoisotopic (exact) mass is 290 g/mol. The van der Waals surface area contributed by atoms with Gasteiger partial charge in [0.15, 0.2) is 0 Å². The lowest BCUT2D eigenvalue weighted by atomic mass is 10.00. The lowest BCUT2D eigenvalue weighted by Gasteiger charge is -2.39. The number of hydrogen-bond acceptors (Lipinski definition) is 3. The van der Waals surface area contributed by atoms with E-state index in [1.54, 1.807) is 0 Å². The van der Waals surface area contributed by atoms with Crippen LogP contribution in [0.4, 0.5) is 0 Å². The fourth-order valence-electron chi connectivity index (χ4n) is 3.10. The average molecular weight is 290 g/mol. The van der Waals surface area contributed by atoms with E-state index in [1.807, 2.05) is 0 Å². The topological polar surface area (TPSA) is 24.5 Å². The molecule has 1 aliphatic rings. The van der Waals surface area contributed by atoms with Crippen LogP contribution < -0.4 is 5.32 Å². The molecule has 1 saturated heterocycles. The van der Waals surface area contributed by atoms with E-state index in [9.17, 15) is 0 Å². The predicted molar refractivity (Wildman–Crippen MR) is 88.7 cm³/mol. The Morgan fingerprint density at radius 1 is 1.29 bits per heavy atom. The fourth-order valence-corrected chi connectivity index (χ4v) is 3.10. The Kier molecular flexibility index (Phi) is 6.68. The minimum Gasteiger partial charge on any atom is -0.374 e. The first-order valence-corrected chi connectivity index (χ1v) is 8.27. The van der Waals surface area contributed by atoms with E-state index in [4.69, 9.17) is 4.74 Å². The Morgan fingerprint density at radius 2 is 2.05 bits per heavy atom. The highest BCUT2D eigenvalue weighted by molar-refractivity contribution is 5.14. The zero-order chi connectivity index (χ0) is 15.1. The maximum Gasteiger partial charge on any atom is 0.0855 e. The molecule has 3 heteroatoms. The number of benzene rings is 1. The Balaban J connectivity index is 1.79. The Morgan fingerprint density at radius 3 is 2.71 bits per heavy atom. The van der Waals surface area contributed by atoms with Gasteiger partial charge in [0.1, 0.15) is 0 Å². The van der Waals surface area contributed by atoms with Gasteiger partial charge in [0.2, 0.25) is 0 Å². The zero-order valence-corrected chi connectivity index (χ0v) is 13.7. The van der Waals surface area contributed by atoms with Crippen LogP contribution in [0, 0.1) is 0 Å². The van der Waals surface area contributed by atoms with E-state index >= 15 is 0 Å². The van der Waals surface area contributed by atoms with Gasteiger partial charge in [0.05, 0.1) is 12.7 Å². The molecule has 2 atom stereocenters. The van der Waals surface area contributed by atoms with Crippen LogP contribution in [0.1, 0.15) is 32.3 Å². The molecular formula is C18H30N2O. The maximum atomic E-state index is 6.01. The second kappa shape index (κ2) is 8.52. The standard InChI is InChI=1S/C18H30N2O/c1-15(2)20-12-13-21-18(14-20)17(19-3)11-7-10-16-8-5-4-6-9-16/h4-6,8-9,15,17-19H,7,10-14H2,1-3H3. The van der Waals surface area contributed by atoms with Crippen molar-refractivity contribution >= 4 is 0 Å². The van der Waals surface area contributed by atoms with Crippen molar-refractivity contribution in [3.63, 3.8) is 0 Å². The molecule has 0 spiro atoms. The minimum absolute atomic E-state index is 0.321. The molecule has 1 aliphatic heterocycles. The van der Waals surface area contributed by atoms with E-state index in [0.717, 1.165) is 26.1 Å². The number of likely N-dealkylation sites (N-methyl/N-ethyl adjacent to an activating group) is 1. The summed E-state index contributed by atoms with van der Waals surface area (Å²) in [5.74, 6) is 0. The van der Waals surface area contributed by atoms with Gasteiger partial charge in [-0.1, -0.05) is 30.3 Å². The van der Waals surface area contributed by atoms with E-state index in [2.05, 4.69) is 61.4 Å². The van der Waals surface area contributed by atoms with Gasteiger partial charge < -0.3 is 10.1 Å². The van der Waals surface area contributed by atoms with Crippen molar-refractivity contribution < 1.29 is 4.74 Å². The zero-order valence-electron chi connectivity index (χ0n) is 13.7. The first-order valence-electron chi connectivity index (χ1n) is 8.27. The van der Waals surface area contributed by atoms with E-state index in [0.29, 0.717) is 18.2 Å². The first-order chi connectivity index (χ1) is 10.2. The summed E-state index contributed by atoms with van der Waals surface area (Å²) in [4.78, 5) is 2.52. The van der Waals surface area contributed by atoms with Crippen LogP contribution in [-0.4, -0.2) is 49.8 Å². The van der Waals surface area contributed by atoms with Crippen molar-refractivity contribution in [2.75, 3.05) is 26.7 Å². The van der Waals surface area contributed by atoms with Crippen molar-refractivity contribution in [1.82, 2.24) is 10.2 Å². The summed E-state index contributed by atoms with van der Waals surface area (Å²) >= 11 is 0. The van der Waals surface area contributed by atoms with Crippen LogP contribution in [0.15, 0.2) is 30.3 Å². The van der Waals surface area contributed by atoms with Crippen LogP contribution in [-0.2, 0) is 11.2 Å². The molecule has 3 nitrogen and oxygen atoms in total. The molecule has 0 aliphatic carbocycles. The number of hydrogen-bond donors (Lipinski definition) is 1. The molecule has 0 amide bonds. The Hall–Kier alpha value is -0.900. The number of aryl methyl sites for hydroxylation is 1. The largest absolute Gasteiger partial charge is 0.374 e. The molecule has 2 unspecified atom stereocenters. The third kappa shape index (κ3) is 5.10. The highest BCUT2D eigenvalue weighted by Gasteiger charge is 2.27. The molecule has 1 fully saturated rings. The maximum absolute atomic E-state index is 6.01. The molecule has 2 rings (SSSR count). The molecule has 1 heterocycles. The summed E-state index contributed by atoms with van der Waals surface area (Å²) in [7, 11) is 2.06. The summed E-state index contributed by atoms with van der Waals surface area (Å²) < 4.78 is 6.01. The lowest BCUT2D eigenvalue weighted by molar-refractivity contribution is -0.0556. The summed E-state index contributed by atoms with van der Waals surface area (Å²) in [6.07, 6.45) is 3.85. The summed E-state index contributed by atoms with van der Waals surface area (Å²) in [6.45, 7) is 7.52. The van der Waals surface area contributed by atoms with Crippen molar-refractivity contribution in [2.24, 2.45) is 0 Å². The SMILES string of the molecule is CNC(CCCc1ccccc1)C1CN(C(C)C)CCO1. The summed E-state index contributed by atoms with van der Waals surface area (Å²) in [5.41, 5.74) is 1.43. The van der Waals surface area contributed by atoms with Gasteiger partial charge in [-0.05, 0) is 45.7 Å². The molecule has 118 valence electrons. The summed E-state index contributed by atoms with van der Waals surface area (Å²) in [6, 6.07) is 11.8. The molecule has 1 aromatic rings. The van der Waals surface area contributed by atoms with Crippen LogP contribution >= 0.6 is 0 Å². The van der Waals surface area contributed by atoms with Gasteiger partial charge >= 0.3 is 0 Å². The Bertz CT molecular complexity index is 393. The van der Waals surface area contributed by atoms with Gasteiger partial charge in [0, 0.05) is 25.2 Å². The molecule has 0 aromatic heterocycles. The second-order valence-electron chi connectivity index (χ2n) is 6.27. The second-order valence-corrected chi connectivity index (χ2v) is 6.27. The minimum atomic E-state index is 0.321. The van der Waals surface area contributed by atoms with Crippen LogP contribution in [0.5, 0.6) is 0 Å². The number of ether oxygens (including phenoxy) is 1. The highest BCUT2D eigenvalue weighted by Crippen LogP contribution is 2.16. The van der Waals surface area contributed by atoms with Gasteiger partial charge in [0.25, 0.3) is 0 Å². The van der Waals surface area contributed by atoms with Crippen molar-refractivity contribution in [2.45, 2.75) is 51.3 Å². The van der Waals surface area contributed by atoms with Crippen LogP contribution in [0.25, 0.3) is 0 Å². The number of morpholine rings is 1. The molecule has 0 saturated carbocycles. The molecule has 21 heavy (non-hydrogen) atoms. The third-order valence-corrected chi connectivity index (χ3v) is 4.50. The number of nitrogens with zero attached hydrogens (tertiary/aromatic N) is 1. The van der Waals surface area contributed by atoms with Crippen LogP contribution in [0.3, 0.4) is 0 Å². The van der Waals surface area contributed by atoms with Crippen molar-refractivity contribution in [3.8, 4) is 0 Å². The fraction of sp³-hybridized carbons (Fsp3) is 0.667. The van der Waals surface area contributed by atoms with Gasteiger partial charge in [-0.15, -0.1) is 0 Å². The van der Waals surface area contributed by atoms with E-state index < -0.39 is 0 Å². The highest BCUT2D eigenvalue weighted by atomic mass is 16.5. The molecule has 1 aromatic carbocycles. The van der Waals surface area contributed by atoms with E-state index in [-0.39, 0.29) is 0 Å². The molecule has 1 N–H and O–H groups in total. The third-order valence-electron chi connectivity index (χ3n) is 4.50. The van der Waals surface area contributed by atoms with Gasteiger partial charge in [-0.3, -0.25) is 4.90 Å². The summed E-state index contributed by atoms with van der Waals surface area (Å²) in [5, 5.41) is 3.47. The van der Waals surface area contributed by atoms with E-state index in [1.165, 1.54) is 18.4 Å². The van der Waals surface area contributed by atoms with Crippen molar-refractivity contribution in [1.29, 1.82) is 0 Å². The number of nitrogens with one attached hydrogen (secondary N) is 1. The van der Waals surface area contributed by atoms with Crippen molar-refractivity contribution in [3.05, 3.63) is 35.9 Å². The average Bonchev–Trinajstić information content (AvgIpc) is 2.52. The van der Waals surface area contributed by atoms with Gasteiger partial charge in [-0.25, -0.2) is 0 Å². The van der Waals surface area contributed by atoms with Crippen LogP contribution in [0.2, 0.25) is 0 Å². The Labute approximate surface area is 129 Å². The quantitative estimate of drug-likeness (QED) is 0.835. The first kappa shape index (κ1) is 16.5. The smallest absolute Gasteiger partial charge is 0.0855 e. The molecule has 0 radical (unpaired) electrons. The van der Waals surface area contributed by atoms with Gasteiger partial charge in [-0.2, -0.15) is 0 Å².